The second kappa shape index (κ2) is 6.31. The number of hydrogen-bond acceptors (Lipinski definition) is 2. The number of carbonyl (C=O) groups excluding carboxylic acids is 1. The lowest BCUT2D eigenvalue weighted by atomic mass is 10.1. The van der Waals surface area contributed by atoms with Crippen molar-refractivity contribution in [2.75, 3.05) is 16.8 Å². The van der Waals surface area contributed by atoms with Crippen LogP contribution in [-0.2, 0) is 11.2 Å². The Bertz CT molecular complexity index is 720. The van der Waals surface area contributed by atoms with Crippen LogP contribution in [0.2, 0.25) is 5.02 Å². The number of benzene rings is 2. The lowest BCUT2D eigenvalue weighted by Gasteiger charge is -2.24. The average Bonchev–Trinajstić information content (AvgIpc) is 2.78. The van der Waals surface area contributed by atoms with E-state index in [4.69, 9.17) is 11.6 Å². The monoisotopic (exact) mass is 378 g/mol. The van der Waals surface area contributed by atoms with E-state index in [0.717, 1.165) is 16.6 Å². The summed E-state index contributed by atoms with van der Waals surface area (Å²) >= 11 is 9.50. The molecule has 1 atom stereocenters. The van der Waals surface area contributed by atoms with Crippen molar-refractivity contribution in [2.24, 2.45) is 0 Å². The second-order valence-corrected chi connectivity index (χ2v) is 6.80. The van der Waals surface area contributed by atoms with Gasteiger partial charge in [0.05, 0.1) is 17.3 Å². The van der Waals surface area contributed by atoms with Gasteiger partial charge in [0.1, 0.15) is 0 Å². The molecule has 0 saturated heterocycles. The second-order valence-electron chi connectivity index (χ2n) is 5.48. The van der Waals surface area contributed by atoms with Gasteiger partial charge in [0.25, 0.3) is 0 Å². The number of nitrogens with one attached hydrogen (secondary N) is 1. The molecular weight excluding hydrogens is 364 g/mol. The fraction of sp³-hybridized carbons (Fsp3) is 0.235. The molecule has 1 amide bonds. The summed E-state index contributed by atoms with van der Waals surface area (Å²) in [7, 11) is 0. The fourth-order valence-electron chi connectivity index (χ4n) is 2.81. The number of amides is 1. The molecule has 1 heterocycles. The maximum absolute atomic E-state index is 12.3. The maximum Gasteiger partial charge on any atom is 0.243 e. The number of anilines is 2. The summed E-state index contributed by atoms with van der Waals surface area (Å²) in [5.41, 5.74) is 3.08. The number of fused-ring (bicyclic) bond motifs is 1. The molecule has 0 saturated carbocycles. The van der Waals surface area contributed by atoms with Crippen LogP contribution < -0.4 is 10.2 Å². The molecule has 2 aromatic carbocycles. The maximum atomic E-state index is 12.3. The van der Waals surface area contributed by atoms with Crippen LogP contribution in [0.15, 0.2) is 46.9 Å². The van der Waals surface area contributed by atoms with Gasteiger partial charge in [-0.2, -0.15) is 0 Å². The Kier molecular flexibility index (Phi) is 4.41. The van der Waals surface area contributed by atoms with Crippen LogP contribution >= 0.6 is 27.5 Å². The molecule has 0 radical (unpaired) electrons. The smallest absolute Gasteiger partial charge is 0.243 e. The predicted octanol–water partition coefficient (Wildman–Crippen LogP) is 4.49. The van der Waals surface area contributed by atoms with Gasteiger partial charge in [0.2, 0.25) is 5.91 Å². The fourth-order valence-corrected chi connectivity index (χ4v) is 3.53. The van der Waals surface area contributed by atoms with Crippen molar-refractivity contribution in [1.82, 2.24) is 0 Å². The van der Waals surface area contributed by atoms with Crippen molar-refractivity contribution >= 4 is 44.8 Å². The van der Waals surface area contributed by atoms with Gasteiger partial charge in [0.15, 0.2) is 0 Å². The topological polar surface area (TPSA) is 32.3 Å². The van der Waals surface area contributed by atoms with Gasteiger partial charge in [-0.15, -0.1) is 0 Å². The molecule has 2 aromatic rings. The third-order valence-electron chi connectivity index (χ3n) is 3.87. The largest absolute Gasteiger partial charge is 0.359 e. The highest BCUT2D eigenvalue weighted by molar-refractivity contribution is 9.10. The zero-order chi connectivity index (χ0) is 15.7. The van der Waals surface area contributed by atoms with Crippen molar-refractivity contribution in [1.29, 1.82) is 0 Å². The van der Waals surface area contributed by atoms with Gasteiger partial charge in [-0.25, -0.2) is 0 Å². The van der Waals surface area contributed by atoms with Gasteiger partial charge in [-0.1, -0.05) is 45.7 Å². The zero-order valence-corrected chi connectivity index (χ0v) is 14.5. The summed E-state index contributed by atoms with van der Waals surface area (Å²) in [4.78, 5) is 14.5. The molecule has 3 rings (SSSR count). The van der Waals surface area contributed by atoms with Crippen LogP contribution in [0.1, 0.15) is 12.5 Å². The Balaban J connectivity index is 1.72. The Morgan fingerprint density at radius 2 is 2.14 bits per heavy atom. The quantitative estimate of drug-likeness (QED) is 0.852. The highest BCUT2D eigenvalue weighted by atomic mass is 79.9. The lowest BCUT2D eigenvalue weighted by Crippen LogP contribution is -2.37. The lowest BCUT2D eigenvalue weighted by molar-refractivity contribution is -0.115. The van der Waals surface area contributed by atoms with E-state index < -0.39 is 0 Å². The Labute approximate surface area is 143 Å². The molecule has 1 aliphatic heterocycles. The van der Waals surface area contributed by atoms with Crippen LogP contribution in [0.4, 0.5) is 11.4 Å². The van der Waals surface area contributed by atoms with Gasteiger partial charge < -0.3 is 10.2 Å². The Morgan fingerprint density at radius 1 is 1.36 bits per heavy atom. The molecular formula is C17H16BrClN2O. The van der Waals surface area contributed by atoms with E-state index in [-0.39, 0.29) is 5.91 Å². The standard InChI is InChI=1S/C17H16BrClN2O/c1-11-8-12-4-2-3-5-16(12)21(11)10-17(22)20-15-7-6-13(18)9-14(15)19/h2-7,9,11H,8,10H2,1H3,(H,20,22). The number of halogens is 2. The summed E-state index contributed by atoms with van der Waals surface area (Å²) in [5.74, 6) is -0.0622. The minimum Gasteiger partial charge on any atom is -0.359 e. The van der Waals surface area contributed by atoms with E-state index in [1.54, 1.807) is 12.1 Å². The summed E-state index contributed by atoms with van der Waals surface area (Å²) < 4.78 is 0.887. The number of rotatable bonds is 3. The van der Waals surface area contributed by atoms with Crippen LogP contribution in [0.3, 0.4) is 0 Å². The van der Waals surface area contributed by atoms with Crippen LogP contribution in [-0.4, -0.2) is 18.5 Å². The molecule has 1 N–H and O–H groups in total. The summed E-state index contributed by atoms with van der Waals surface area (Å²) in [6.45, 7) is 2.46. The molecule has 1 aliphatic rings. The van der Waals surface area contributed by atoms with Gasteiger partial charge in [0, 0.05) is 16.2 Å². The van der Waals surface area contributed by atoms with Gasteiger partial charge in [-0.05, 0) is 43.2 Å². The third kappa shape index (κ3) is 3.13. The summed E-state index contributed by atoms with van der Waals surface area (Å²) in [6, 6.07) is 14.0. The number of nitrogens with zero attached hydrogens (tertiary/aromatic N) is 1. The highest BCUT2D eigenvalue weighted by Gasteiger charge is 2.27. The molecule has 0 aromatic heterocycles. The first kappa shape index (κ1) is 15.4. The minimum absolute atomic E-state index is 0.0622. The first-order chi connectivity index (χ1) is 10.5. The molecule has 0 fully saturated rings. The molecule has 3 nitrogen and oxygen atoms in total. The van der Waals surface area contributed by atoms with E-state index in [0.29, 0.717) is 23.3 Å². The number of carbonyl (C=O) groups is 1. The average molecular weight is 380 g/mol. The van der Waals surface area contributed by atoms with Crippen molar-refractivity contribution in [3.05, 3.63) is 57.5 Å². The third-order valence-corrected chi connectivity index (χ3v) is 4.67. The van der Waals surface area contributed by atoms with Crippen molar-refractivity contribution in [2.45, 2.75) is 19.4 Å². The normalized spacial score (nSPS) is 16.5. The first-order valence-electron chi connectivity index (χ1n) is 7.14. The van der Waals surface area contributed by atoms with E-state index in [2.05, 4.69) is 45.2 Å². The number of para-hydroxylation sites is 1. The summed E-state index contributed by atoms with van der Waals surface area (Å²) in [5, 5.41) is 3.41. The SMILES string of the molecule is CC1Cc2ccccc2N1CC(=O)Nc1ccc(Br)cc1Cl. The molecule has 0 spiro atoms. The minimum atomic E-state index is -0.0622. The Hall–Kier alpha value is -1.52. The van der Waals surface area contributed by atoms with E-state index in [9.17, 15) is 4.79 Å². The van der Waals surface area contributed by atoms with Crippen LogP contribution in [0.5, 0.6) is 0 Å². The van der Waals surface area contributed by atoms with E-state index in [1.807, 2.05) is 18.2 Å². The van der Waals surface area contributed by atoms with Crippen LogP contribution in [0, 0.1) is 0 Å². The molecule has 5 heteroatoms. The Morgan fingerprint density at radius 3 is 2.91 bits per heavy atom. The van der Waals surface area contributed by atoms with Crippen LogP contribution in [0.25, 0.3) is 0 Å². The van der Waals surface area contributed by atoms with E-state index >= 15 is 0 Å². The highest BCUT2D eigenvalue weighted by Crippen LogP contribution is 2.31. The summed E-state index contributed by atoms with van der Waals surface area (Å²) in [6.07, 6.45) is 0.975. The molecule has 1 unspecified atom stereocenters. The van der Waals surface area contributed by atoms with Crippen molar-refractivity contribution in [3.63, 3.8) is 0 Å². The molecule has 0 bridgehead atoms. The van der Waals surface area contributed by atoms with Gasteiger partial charge in [-0.3, -0.25) is 4.79 Å². The first-order valence-corrected chi connectivity index (χ1v) is 8.31. The van der Waals surface area contributed by atoms with Crippen molar-refractivity contribution in [3.8, 4) is 0 Å². The molecule has 114 valence electrons. The van der Waals surface area contributed by atoms with Gasteiger partial charge >= 0.3 is 0 Å². The number of hydrogen-bond donors (Lipinski definition) is 1. The predicted molar refractivity (Wildman–Crippen MR) is 94.7 cm³/mol. The zero-order valence-electron chi connectivity index (χ0n) is 12.1. The molecule has 22 heavy (non-hydrogen) atoms. The molecule has 0 aliphatic carbocycles. The van der Waals surface area contributed by atoms with E-state index in [1.165, 1.54) is 5.56 Å². The van der Waals surface area contributed by atoms with Crippen molar-refractivity contribution < 1.29 is 4.79 Å².